The molecule has 0 saturated carbocycles. The number of likely N-dealkylation sites (N-methyl/N-ethyl adjacent to an activating group) is 1. The lowest BCUT2D eigenvalue weighted by Gasteiger charge is -2.10. The van der Waals surface area contributed by atoms with Gasteiger partial charge in [0.15, 0.2) is 17.6 Å². The summed E-state index contributed by atoms with van der Waals surface area (Å²) >= 11 is 13.4. The molecular formula is C16H18Cl2N4O3S. The highest BCUT2D eigenvalue weighted by molar-refractivity contribution is 7.99. The number of carbonyl (C=O) groups excluding carboxylic acids is 2. The lowest BCUT2D eigenvalue weighted by Crippen LogP contribution is -2.28. The molecular weight excluding hydrogens is 399 g/mol. The summed E-state index contributed by atoms with van der Waals surface area (Å²) < 4.78 is 6.79. The number of hydrogen-bond donors (Lipinski definition) is 0. The van der Waals surface area contributed by atoms with Crippen molar-refractivity contribution in [2.24, 2.45) is 0 Å². The van der Waals surface area contributed by atoms with Crippen LogP contribution in [-0.2, 0) is 20.9 Å². The van der Waals surface area contributed by atoms with E-state index in [4.69, 9.17) is 27.9 Å². The van der Waals surface area contributed by atoms with E-state index in [0.29, 0.717) is 33.1 Å². The van der Waals surface area contributed by atoms with E-state index < -0.39 is 5.97 Å². The number of thioether (sulfide) groups is 1. The smallest absolute Gasteiger partial charge is 0.316 e. The van der Waals surface area contributed by atoms with Gasteiger partial charge in [0.2, 0.25) is 0 Å². The third-order valence-electron chi connectivity index (χ3n) is 3.38. The number of benzene rings is 1. The van der Waals surface area contributed by atoms with Gasteiger partial charge in [-0.3, -0.25) is 9.59 Å². The summed E-state index contributed by atoms with van der Waals surface area (Å²) in [6.07, 6.45) is 0. The number of rotatable bonds is 7. The fraction of sp³-hybridized carbons (Fsp3) is 0.375. The second kappa shape index (κ2) is 9.25. The van der Waals surface area contributed by atoms with Crippen LogP contribution in [0.2, 0.25) is 10.0 Å². The van der Waals surface area contributed by atoms with E-state index in [1.54, 1.807) is 32.3 Å². The summed E-state index contributed by atoms with van der Waals surface area (Å²) in [6, 6.07) is 5.14. The summed E-state index contributed by atoms with van der Waals surface area (Å²) in [5, 5.41) is 9.86. The highest BCUT2D eigenvalue weighted by Crippen LogP contribution is 2.31. The fourth-order valence-electron chi connectivity index (χ4n) is 1.99. The van der Waals surface area contributed by atoms with Gasteiger partial charge in [-0.2, -0.15) is 0 Å². The van der Waals surface area contributed by atoms with Gasteiger partial charge >= 0.3 is 5.97 Å². The Balaban J connectivity index is 2.06. The molecule has 0 atom stereocenters. The Morgan fingerprint density at radius 2 is 2.00 bits per heavy atom. The van der Waals surface area contributed by atoms with Gasteiger partial charge in [-0.25, -0.2) is 0 Å². The molecule has 0 N–H and O–H groups in total. The molecule has 0 aliphatic carbocycles. The van der Waals surface area contributed by atoms with Gasteiger partial charge in [0.1, 0.15) is 0 Å². The van der Waals surface area contributed by atoms with Gasteiger partial charge in [-0.15, -0.1) is 10.2 Å². The Morgan fingerprint density at radius 3 is 2.62 bits per heavy atom. The first kappa shape index (κ1) is 20.5. The van der Waals surface area contributed by atoms with E-state index in [2.05, 4.69) is 10.2 Å². The normalized spacial score (nSPS) is 10.7. The molecule has 0 aliphatic rings. The summed E-state index contributed by atoms with van der Waals surface area (Å²) in [5.41, 5.74) is 0.705. The third-order valence-corrected chi connectivity index (χ3v) is 4.87. The Kier molecular flexibility index (Phi) is 7.31. The topological polar surface area (TPSA) is 77.3 Å². The maximum Gasteiger partial charge on any atom is 0.316 e. The maximum atomic E-state index is 11.8. The average molecular weight is 417 g/mol. The third kappa shape index (κ3) is 5.12. The van der Waals surface area contributed by atoms with Crippen molar-refractivity contribution in [1.82, 2.24) is 19.7 Å². The summed E-state index contributed by atoms with van der Waals surface area (Å²) in [7, 11) is 3.19. The molecule has 2 rings (SSSR count). The van der Waals surface area contributed by atoms with Crippen molar-refractivity contribution < 1.29 is 14.3 Å². The molecule has 0 radical (unpaired) electrons. The van der Waals surface area contributed by atoms with Gasteiger partial charge in [-0.05, 0) is 25.1 Å². The molecule has 0 aliphatic heterocycles. The van der Waals surface area contributed by atoms with Crippen LogP contribution in [0.5, 0.6) is 0 Å². The molecule has 0 saturated heterocycles. The molecule has 1 aromatic heterocycles. The molecule has 140 valence electrons. The molecule has 1 amide bonds. The van der Waals surface area contributed by atoms with Gasteiger partial charge < -0.3 is 14.2 Å². The number of ether oxygens (including phenoxy) is 1. The number of hydrogen-bond acceptors (Lipinski definition) is 6. The SMILES string of the molecule is CCn1c(SCC(=O)OCC(=O)N(C)C)nnc1-c1ccc(Cl)cc1Cl. The number of aromatic nitrogens is 3. The first-order chi connectivity index (χ1) is 12.3. The van der Waals surface area contributed by atoms with Crippen molar-refractivity contribution >= 4 is 46.8 Å². The zero-order valence-corrected chi connectivity index (χ0v) is 16.9. The van der Waals surface area contributed by atoms with Gasteiger partial charge in [0.25, 0.3) is 5.91 Å². The van der Waals surface area contributed by atoms with Gasteiger partial charge in [0.05, 0.1) is 10.8 Å². The van der Waals surface area contributed by atoms with Crippen molar-refractivity contribution in [2.75, 3.05) is 26.5 Å². The molecule has 0 bridgehead atoms. The molecule has 7 nitrogen and oxygen atoms in total. The molecule has 0 spiro atoms. The zero-order chi connectivity index (χ0) is 19.3. The Morgan fingerprint density at radius 1 is 1.27 bits per heavy atom. The Bertz CT molecular complexity index is 811. The number of amides is 1. The van der Waals surface area contributed by atoms with Crippen LogP contribution in [0.15, 0.2) is 23.4 Å². The van der Waals surface area contributed by atoms with E-state index in [1.165, 1.54) is 16.7 Å². The van der Waals surface area contributed by atoms with Crippen LogP contribution in [0.3, 0.4) is 0 Å². The fourth-order valence-corrected chi connectivity index (χ4v) is 3.28. The highest BCUT2D eigenvalue weighted by Gasteiger charge is 2.17. The molecule has 2 aromatic rings. The van der Waals surface area contributed by atoms with E-state index in [9.17, 15) is 9.59 Å². The molecule has 10 heteroatoms. The number of esters is 1. The van der Waals surface area contributed by atoms with E-state index in [0.717, 1.165) is 0 Å². The highest BCUT2D eigenvalue weighted by atomic mass is 35.5. The first-order valence-electron chi connectivity index (χ1n) is 7.70. The van der Waals surface area contributed by atoms with Crippen LogP contribution in [0.4, 0.5) is 0 Å². The number of halogens is 2. The maximum absolute atomic E-state index is 11.8. The summed E-state index contributed by atoms with van der Waals surface area (Å²) in [6.45, 7) is 2.26. The lowest BCUT2D eigenvalue weighted by atomic mass is 10.2. The van der Waals surface area contributed by atoms with Crippen molar-refractivity contribution in [2.45, 2.75) is 18.6 Å². The zero-order valence-electron chi connectivity index (χ0n) is 14.5. The lowest BCUT2D eigenvalue weighted by molar-refractivity contribution is -0.148. The molecule has 0 fully saturated rings. The van der Waals surface area contributed by atoms with Crippen LogP contribution in [0, 0.1) is 0 Å². The van der Waals surface area contributed by atoms with E-state index in [-0.39, 0.29) is 18.3 Å². The van der Waals surface area contributed by atoms with Crippen LogP contribution < -0.4 is 0 Å². The summed E-state index contributed by atoms with van der Waals surface area (Å²) in [5.74, 6) is -0.165. The molecule has 1 heterocycles. The van der Waals surface area contributed by atoms with Crippen molar-refractivity contribution in [3.05, 3.63) is 28.2 Å². The molecule has 26 heavy (non-hydrogen) atoms. The number of carbonyl (C=O) groups is 2. The van der Waals surface area contributed by atoms with Gasteiger partial charge in [-0.1, -0.05) is 35.0 Å². The van der Waals surface area contributed by atoms with E-state index >= 15 is 0 Å². The predicted molar refractivity (Wildman–Crippen MR) is 102 cm³/mol. The van der Waals surface area contributed by atoms with Crippen LogP contribution in [0.25, 0.3) is 11.4 Å². The van der Waals surface area contributed by atoms with Crippen LogP contribution >= 0.6 is 35.0 Å². The average Bonchev–Trinajstić information content (AvgIpc) is 3.00. The van der Waals surface area contributed by atoms with E-state index in [1.807, 2.05) is 11.5 Å². The minimum absolute atomic E-state index is 0.0210. The van der Waals surface area contributed by atoms with Crippen molar-refractivity contribution in [3.63, 3.8) is 0 Å². The summed E-state index contributed by atoms with van der Waals surface area (Å²) in [4.78, 5) is 24.6. The predicted octanol–water partition coefficient (Wildman–Crippen LogP) is 3.00. The second-order valence-corrected chi connectivity index (χ2v) is 7.20. The van der Waals surface area contributed by atoms with Crippen LogP contribution in [0.1, 0.15) is 6.92 Å². The molecule has 1 aromatic carbocycles. The standard InChI is InChI=1S/C16H18Cl2N4O3S/c1-4-22-15(11-6-5-10(17)7-12(11)18)19-20-16(22)26-9-14(24)25-8-13(23)21(2)3/h5-7H,4,8-9H2,1-3H3. The van der Waals surface area contributed by atoms with Gasteiger partial charge in [0, 0.05) is 31.2 Å². The monoisotopic (exact) mass is 416 g/mol. The minimum Gasteiger partial charge on any atom is -0.455 e. The first-order valence-corrected chi connectivity index (χ1v) is 9.44. The van der Waals surface area contributed by atoms with Crippen LogP contribution in [-0.4, -0.2) is 58.0 Å². The minimum atomic E-state index is -0.498. The second-order valence-electron chi connectivity index (χ2n) is 5.41. The number of nitrogens with zero attached hydrogens (tertiary/aromatic N) is 4. The Labute approximate surface area is 165 Å². The largest absolute Gasteiger partial charge is 0.455 e. The van der Waals surface area contributed by atoms with Crippen molar-refractivity contribution in [3.8, 4) is 11.4 Å². The van der Waals surface area contributed by atoms with Crippen molar-refractivity contribution in [1.29, 1.82) is 0 Å². The Hall–Kier alpha value is -1.77. The quantitative estimate of drug-likeness (QED) is 0.509. The molecule has 0 unspecified atom stereocenters.